The molecular formula is C30H46O3. The highest BCUT2D eigenvalue weighted by atomic mass is 16.6. The van der Waals surface area contributed by atoms with Gasteiger partial charge >= 0.3 is 5.97 Å². The minimum atomic E-state index is -0.293. The molecule has 1 N–H and O–H groups in total. The second-order valence-corrected chi connectivity index (χ2v) is 15.1. The predicted molar refractivity (Wildman–Crippen MR) is 130 cm³/mol. The summed E-state index contributed by atoms with van der Waals surface area (Å²) in [6.45, 7) is 17.1. The van der Waals surface area contributed by atoms with Gasteiger partial charge in [-0.2, -0.15) is 0 Å². The van der Waals surface area contributed by atoms with E-state index in [1.807, 2.05) is 0 Å². The van der Waals surface area contributed by atoms with Gasteiger partial charge in [0.1, 0.15) is 6.10 Å². The molecule has 2 bridgehead atoms. The predicted octanol–water partition coefficient (Wildman–Crippen LogP) is 6.68. The van der Waals surface area contributed by atoms with Gasteiger partial charge < -0.3 is 9.84 Å². The molecule has 10 atom stereocenters. The van der Waals surface area contributed by atoms with Gasteiger partial charge in [0.05, 0.1) is 11.5 Å². The molecule has 33 heavy (non-hydrogen) atoms. The number of aliphatic hydroxyl groups excluding tert-OH is 1. The molecule has 5 aliphatic carbocycles. The molecule has 6 rings (SSSR count). The Labute approximate surface area is 201 Å². The molecule has 4 saturated carbocycles. The third kappa shape index (κ3) is 2.44. The summed E-state index contributed by atoms with van der Waals surface area (Å²) in [7, 11) is 0. The van der Waals surface area contributed by atoms with Crippen molar-refractivity contribution < 1.29 is 14.6 Å². The Bertz CT molecular complexity index is 935. The van der Waals surface area contributed by atoms with Gasteiger partial charge in [0.15, 0.2) is 0 Å². The largest absolute Gasteiger partial charge is 0.461 e. The van der Waals surface area contributed by atoms with E-state index in [1.54, 1.807) is 5.57 Å². The summed E-state index contributed by atoms with van der Waals surface area (Å²) in [6.07, 6.45) is 12.6. The zero-order valence-electron chi connectivity index (χ0n) is 22.1. The molecular weight excluding hydrogens is 408 g/mol. The normalized spacial score (nSPS) is 58.8. The first-order valence-electron chi connectivity index (χ1n) is 13.8. The second kappa shape index (κ2) is 6.29. The highest BCUT2D eigenvalue weighted by Crippen LogP contribution is 2.76. The van der Waals surface area contributed by atoms with Crippen LogP contribution in [-0.4, -0.2) is 23.3 Å². The monoisotopic (exact) mass is 454 g/mol. The fraction of sp³-hybridized carbons (Fsp3) is 0.900. The molecule has 3 heteroatoms. The van der Waals surface area contributed by atoms with Crippen molar-refractivity contribution in [2.75, 3.05) is 0 Å². The Balaban J connectivity index is 1.43. The van der Waals surface area contributed by atoms with E-state index in [0.717, 1.165) is 25.7 Å². The fourth-order valence-corrected chi connectivity index (χ4v) is 11.1. The van der Waals surface area contributed by atoms with Crippen molar-refractivity contribution in [1.29, 1.82) is 0 Å². The smallest absolute Gasteiger partial charge is 0.312 e. The van der Waals surface area contributed by atoms with Crippen LogP contribution in [0.4, 0.5) is 0 Å². The Morgan fingerprint density at radius 2 is 1.61 bits per heavy atom. The first-order valence-corrected chi connectivity index (χ1v) is 13.8. The molecule has 0 amide bonds. The molecule has 1 aliphatic heterocycles. The molecule has 3 nitrogen and oxygen atoms in total. The topological polar surface area (TPSA) is 46.5 Å². The van der Waals surface area contributed by atoms with Gasteiger partial charge in [-0.15, -0.1) is 0 Å². The van der Waals surface area contributed by atoms with Gasteiger partial charge in [-0.05, 0) is 97.7 Å². The van der Waals surface area contributed by atoms with Crippen molar-refractivity contribution in [3.8, 4) is 0 Å². The standard InChI is InChI=1S/C30H46O3/c1-25(2)20-10-13-30(7)21(28(20,5)12-11-22(25)31)9-8-18-19-16-26(3)17-23(33-24(26)32)27(19,4)14-15-29(18,30)6/h8,19-23,31H,9-17H2,1-7H3/t19-,20-,21?,22-,23-,26-,27+,28-,29+,30+/m0/s1. The average molecular weight is 455 g/mol. The van der Waals surface area contributed by atoms with Crippen molar-refractivity contribution in [3.63, 3.8) is 0 Å². The van der Waals surface area contributed by atoms with Crippen LogP contribution in [0, 0.1) is 50.2 Å². The van der Waals surface area contributed by atoms with Crippen LogP contribution >= 0.6 is 0 Å². The van der Waals surface area contributed by atoms with E-state index in [1.165, 1.54) is 32.1 Å². The van der Waals surface area contributed by atoms with Crippen LogP contribution in [0.5, 0.6) is 0 Å². The maximum absolute atomic E-state index is 12.8. The number of carbonyl (C=O) groups is 1. The summed E-state index contributed by atoms with van der Waals surface area (Å²) in [6, 6.07) is 0. The third-order valence-corrected chi connectivity index (χ3v) is 13.6. The number of ether oxygens (including phenoxy) is 1. The Hall–Kier alpha value is -0.830. The zero-order chi connectivity index (χ0) is 23.8. The van der Waals surface area contributed by atoms with Crippen molar-refractivity contribution in [2.45, 2.75) is 118 Å². The third-order valence-electron chi connectivity index (χ3n) is 13.6. The highest BCUT2D eigenvalue weighted by molar-refractivity contribution is 5.79. The van der Waals surface area contributed by atoms with Crippen molar-refractivity contribution in [1.82, 2.24) is 0 Å². The zero-order valence-corrected chi connectivity index (χ0v) is 22.1. The van der Waals surface area contributed by atoms with Crippen LogP contribution in [0.15, 0.2) is 11.6 Å². The van der Waals surface area contributed by atoms with E-state index < -0.39 is 0 Å². The second-order valence-electron chi connectivity index (χ2n) is 15.1. The molecule has 0 radical (unpaired) electrons. The molecule has 1 heterocycles. The van der Waals surface area contributed by atoms with E-state index in [4.69, 9.17) is 4.74 Å². The number of hydrogen-bond acceptors (Lipinski definition) is 3. The molecule has 5 fully saturated rings. The summed E-state index contributed by atoms with van der Waals surface area (Å²) in [5.41, 5.74) is 2.25. The van der Waals surface area contributed by atoms with Crippen molar-refractivity contribution in [3.05, 3.63) is 11.6 Å². The van der Waals surface area contributed by atoms with Gasteiger partial charge in [-0.25, -0.2) is 0 Å². The van der Waals surface area contributed by atoms with Crippen LogP contribution in [0.25, 0.3) is 0 Å². The Morgan fingerprint density at radius 3 is 2.33 bits per heavy atom. The van der Waals surface area contributed by atoms with Crippen LogP contribution in [-0.2, 0) is 9.53 Å². The van der Waals surface area contributed by atoms with E-state index in [0.29, 0.717) is 17.8 Å². The van der Waals surface area contributed by atoms with Gasteiger partial charge in [0.25, 0.3) is 0 Å². The molecule has 6 aliphatic rings. The summed E-state index contributed by atoms with van der Waals surface area (Å²) in [5, 5.41) is 10.9. The lowest BCUT2D eigenvalue weighted by Gasteiger charge is -2.71. The minimum Gasteiger partial charge on any atom is -0.461 e. The average Bonchev–Trinajstić information content (AvgIpc) is 3.00. The van der Waals surface area contributed by atoms with Crippen LogP contribution in [0.1, 0.15) is 106 Å². The number of esters is 1. The number of aliphatic hydroxyl groups is 1. The number of rotatable bonds is 0. The van der Waals surface area contributed by atoms with E-state index in [2.05, 4.69) is 54.5 Å². The van der Waals surface area contributed by atoms with Gasteiger partial charge in [-0.1, -0.05) is 53.2 Å². The molecule has 0 aromatic carbocycles. The number of carbonyl (C=O) groups excluding carboxylic acids is 1. The molecule has 184 valence electrons. The molecule has 1 saturated heterocycles. The number of hydrogen-bond donors (Lipinski definition) is 1. The van der Waals surface area contributed by atoms with Crippen LogP contribution < -0.4 is 0 Å². The maximum atomic E-state index is 12.8. The minimum absolute atomic E-state index is 0.000773. The first kappa shape index (κ1) is 22.6. The summed E-state index contributed by atoms with van der Waals surface area (Å²) in [4.78, 5) is 12.8. The Kier molecular flexibility index (Phi) is 4.31. The summed E-state index contributed by atoms with van der Waals surface area (Å²) >= 11 is 0. The number of fused-ring (bicyclic) bond motifs is 10. The molecule has 0 aromatic heterocycles. The van der Waals surface area contributed by atoms with E-state index >= 15 is 0 Å². The maximum Gasteiger partial charge on any atom is 0.312 e. The van der Waals surface area contributed by atoms with Crippen LogP contribution in [0.2, 0.25) is 0 Å². The fourth-order valence-electron chi connectivity index (χ4n) is 11.1. The van der Waals surface area contributed by atoms with Crippen molar-refractivity contribution >= 4 is 5.97 Å². The summed E-state index contributed by atoms with van der Waals surface area (Å²) < 4.78 is 6.03. The quantitative estimate of drug-likeness (QED) is 0.328. The Morgan fingerprint density at radius 1 is 0.879 bits per heavy atom. The van der Waals surface area contributed by atoms with Gasteiger partial charge in [0.2, 0.25) is 0 Å². The van der Waals surface area contributed by atoms with Gasteiger partial charge in [-0.3, -0.25) is 4.79 Å². The first-order chi connectivity index (χ1) is 15.2. The van der Waals surface area contributed by atoms with E-state index in [9.17, 15) is 9.90 Å². The molecule has 1 unspecified atom stereocenters. The summed E-state index contributed by atoms with van der Waals surface area (Å²) in [5.74, 6) is 1.79. The van der Waals surface area contributed by atoms with Gasteiger partial charge in [0, 0.05) is 11.8 Å². The lowest BCUT2D eigenvalue weighted by Crippen LogP contribution is -2.65. The lowest BCUT2D eigenvalue weighted by molar-refractivity contribution is -0.204. The molecule has 0 spiro atoms. The van der Waals surface area contributed by atoms with E-state index in [-0.39, 0.29) is 50.7 Å². The van der Waals surface area contributed by atoms with Crippen molar-refractivity contribution in [2.24, 2.45) is 50.2 Å². The number of allylic oxidation sites excluding steroid dienone is 2. The SMILES string of the molecule is CC1(C)[C@@H](O)CC[C@]2(C)C3CC=C4[C@@H]5C[C@@]6(C)C[C@H](OC6=O)[C@]5(C)CC[C@@]4(C)[C@]3(C)CC[C@@H]12. The highest BCUT2D eigenvalue weighted by Gasteiger charge is 2.70. The molecule has 0 aromatic rings. The van der Waals surface area contributed by atoms with Crippen LogP contribution in [0.3, 0.4) is 0 Å². The lowest BCUT2D eigenvalue weighted by atomic mass is 9.33.